The number of ether oxygens (including phenoxy) is 1. The normalized spacial score (nSPS) is 22.9. The molecule has 1 atom stereocenters. The Hall–Kier alpha value is -1.49. The van der Waals surface area contributed by atoms with Crippen molar-refractivity contribution in [2.24, 2.45) is 0 Å². The molecule has 1 unspecified atom stereocenters. The molecule has 1 aliphatic rings. The van der Waals surface area contributed by atoms with Crippen LogP contribution in [0.5, 0.6) is 0 Å². The number of carbonyl (C=O) groups is 1. The van der Waals surface area contributed by atoms with E-state index >= 15 is 0 Å². The second-order valence-corrected chi connectivity index (χ2v) is 5.23. The third-order valence-corrected chi connectivity index (χ3v) is 2.86. The molecule has 2 rings (SSSR count). The summed E-state index contributed by atoms with van der Waals surface area (Å²) in [5, 5.41) is 0. The number of amides is 1. The smallest absolute Gasteiger partial charge is 0.257 e. The number of aromatic nitrogens is 1. The third-order valence-electron chi connectivity index (χ3n) is 2.86. The Morgan fingerprint density at radius 1 is 1.61 bits per heavy atom. The fourth-order valence-electron chi connectivity index (χ4n) is 2.33. The number of carbonyl (C=O) groups excluding carboxylic acids is 1. The van der Waals surface area contributed by atoms with E-state index < -0.39 is 11.4 Å². The van der Waals surface area contributed by atoms with E-state index in [-0.39, 0.29) is 17.6 Å². The van der Waals surface area contributed by atoms with Gasteiger partial charge in [0.1, 0.15) is 0 Å². The molecule has 4 nitrogen and oxygen atoms in total. The molecule has 0 bridgehead atoms. The maximum Gasteiger partial charge on any atom is 0.257 e. The van der Waals surface area contributed by atoms with Gasteiger partial charge in [0.2, 0.25) is 0 Å². The van der Waals surface area contributed by atoms with Crippen LogP contribution in [0.15, 0.2) is 18.5 Å². The summed E-state index contributed by atoms with van der Waals surface area (Å²) in [6, 6.07) is 1.41. The molecule has 0 N–H and O–H groups in total. The molecule has 2 heterocycles. The van der Waals surface area contributed by atoms with Gasteiger partial charge in [0.25, 0.3) is 5.91 Å². The van der Waals surface area contributed by atoms with Crippen molar-refractivity contribution >= 4 is 5.91 Å². The van der Waals surface area contributed by atoms with Crippen LogP contribution in [-0.4, -0.2) is 40.6 Å². The highest BCUT2D eigenvalue weighted by Gasteiger charge is 2.34. The number of hydrogen-bond donors (Lipinski definition) is 0. The zero-order valence-electron chi connectivity index (χ0n) is 10.8. The molecule has 18 heavy (non-hydrogen) atoms. The van der Waals surface area contributed by atoms with Crippen molar-refractivity contribution in [2.45, 2.75) is 32.5 Å². The molecule has 1 amide bonds. The van der Waals surface area contributed by atoms with Crippen LogP contribution in [0.2, 0.25) is 0 Å². The zero-order chi connectivity index (χ0) is 13.3. The van der Waals surface area contributed by atoms with Gasteiger partial charge in [-0.15, -0.1) is 0 Å². The molecule has 0 saturated carbocycles. The van der Waals surface area contributed by atoms with Crippen LogP contribution < -0.4 is 0 Å². The summed E-state index contributed by atoms with van der Waals surface area (Å²) >= 11 is 0. The third kappa shape index (κ3) is 2.67. The van der Waals surface area contributed by atoms with E-state index in [0.29, 0.717) is 13.1 Å². The molecule has 0 spiro atoms. The molecule has 0 aliphatic carbocycles. The van der Waals surface area contributed by atoms with Gasteiger partial charge in [-0.05, 0) is 26.8 Å². The number of rotatable bonds is 1. The van der Waals surface area contributed by atoms with Gasteiger partial charge < -0.3 is 9.64 Å². The standard InChI is InChI=1S/C13H17FN2O2/c1-9-7-16(8-13(2,3)18-9)12(17)10-4-5-15-6-11(10)14/h4-6,9H,7-8H2,1-3H3. The minimum atomic E-state index is -0.584. The van der Waals surface area contributed by atoms with Crippen molar-refractivity contribution < 1.29 is 13.9 Å². The SMILES string of the molecule is CC1CN(C(=O)c2ccncc2F)CC(C)(C)O1. The van der Waals surface area contributed by atoms with E-state index in [9.17, 15) is 9.18 Å². The highest BCUT2D eigenvalue weighted by molar-refractivity contribution is 5.94. The van der Waals surface area contributed by atoms with Crippen molar-refractivity contribution in [1.82, 2.24) is 9.88 Å². The summed E-state index contributed by atoms with van der Waals surface area (Å²) in [4.78, 5) is 17.5. The first-order valence-corrected chi connectivity index (χ1v) is 5.96. The van der Waals surface area contributed by atoms with Crippen LogP contribution in [0.1, 0.15) is 31.1 Å². The van der Waals surface area contributed by atoms with Gasteiger partial charge in [-0.3, -0.25) is 9.78 Å². The minimum Gasteiger partial charge on any atom is -0.369 e. The topological polar surface area (TPSA) is 42.4 Å². The minimum absolute atomic E-state index is 0.0531. The van der Waals surface area contributed by atoms with Gasteiger partial charge in [-0.1, -0.05) is 0 Å². The first-order chi connectivity index (χ1) is 8.39. The van der Waals surface area contributed by atoms with Crippen molar-refractivity contribution in [2.75, 3.05) is 13.1 Å². The Bertz CT molecular complexity index is 462. The number of hydrogen-bond acceptors (Lipinski definition) is 3. The molecular weight excluding hydrogens is 235 g/mol. The van der Waals surface area contributed by atoms with E-state index in [2.05, 4.69) is 4.98 Å². The van der Waals surface area contributed by atoms with Crippen LogP contribution >= 0.6 is 0 Å². The van der Waals surface area contributed by atoms with Gasteiger partial charge in [-0.2, -0.15) is 0 Å². The molecule has 0 aromatic carbocycles. The Balaban J connectivity index is 2.22. The van der Waals surface area contributed by atoms with Crippen LogP contribution in [0.25, 0.3) is 0 Å². The average molecular weight is 252 g/mol. The Morgan fingerprint density at radius 2 is 2.33 bits per heavy atom. The summed E-state index contributed by atoms with van der Waals surface area (Å²) in [5.74, 6) is -0.891. The monoisotopic (exact) mass is 252 g/mol. The Kier molecular flexibility index (Phi) is 3.34. The number of halogens is 1. The molecule has 98 valence electrons. The van der Waals surface area contributed by atoms with E-state index in [1.54, 1.807) is 4.90 Å². The van der Waals surface area contributed by atoms with Crippen LogP contribution in [0.4, 0.5) is 4.39 Å². The predicted molar refractivity (Wildman–Crippen MR) is 64.7 cm³/mol. The van der Waals surface area contributed by atoms with E-state index in [1.165, 1.54) is 12.3 Å². The molecular formula is C13H17FN2O2. The van der Waals surface area contributed by atoms with Crippen LogP contribution in [0.3, 0.4) is 0 Å². The predicted octanol–water partition coefficient (Wildman–Crippen LogP) is 1.86. The molecule has 0 radical (unpaired) electrons. The van der Waals surface area contributed by atoms with Gasteiger partial charge in [0.05, 0.1) is 23.5 Å². The quantitative estimate of drug-likeness (QED) is 0.766. The average Bonchev–Trinajstić information content (AvgIpc) is 2.26. The highest BCUT2D eigenvalue weighted by atomic mass is 19.1. The van der Waals surface area contributed by atoms with E-state index in [1.807, 2.05) is 20.8 Å². The fourth-order valence-corrected chi connectivity index (χ4v) is 2.33. The van der Waals surface area contributed by atoms with E-state index in [0.717, 1.165) is 6.20 Å². The lowest BCUT2D eigenvalue weighted by Crippen LogP contribution is -2.53. The van der Waals surface area contributed by atoms with Crippen molar-refractivity contribution in [3.63, 3.8) is 0 Å². The summed E-state index contributed by atoms with van der Waals surface area (Å²) in [7, 11) is 0. The van der Waals surface area contributed by atoms with Gasteiger partial charge in [-0.25, -0.2) is 4.39 Å². The zero-order valence-corrected chi connectivity index (χ0v) is 10.8. The second-order valence-electron chi connectivity index (χ2n) is 5.23. The number of morpholine rings is 1. The molecule has 1 aromatic heterocycles. The van der Waals surface area contributed by atoms with Gasteiger partial charge in [0.15, 0.2) is 5.82 Å². The van der Waals surface area contributed by atoms with Crippen molar-refractivity contribution in [3.05, 3.63) is 29.8 Å². The van der Waals surface area contributed by atoms with Gasteiger partial charge >= 0.3 is 0 Å². The van der Waals surface area contributed by atoms with Crippen LogP contribution in [0, 0.1) is 5.82 Å². The molecule has 1 fully saturated rings. The first kappa shape index (κ1) is 13.0. The number of nitrogens with zero attached hydrogens (tertiary/aromatic N) is 2. The lowest BCUT2D eigenvalue weighted by molar-refractivity contribution is -0.118. The first-order valence-electron chi connectivity index (χ1n) is 5.96. The summed E-state index contributed by atoms with van der Waals surface area (Å²) < 4.78 is 19.3. The molecule has 1 saturated heterocycles. The summed E-state index contributed by atoms with van der Waals surface area (Å²) in [5.41, 5.74) is -0.341. The Labute approximate surface area is 106 Å². The largest absolute Gasteiger partial charge is 0.369 e. The fraction of sp³-hybridized carbons (Fsp3) is 0.538. The van der Waals surface area contributed by atoms with Gasteiger partial charge in [0, 0.05) is 19.3 Å². The molecule has 1 aromatic rings. The van der Waals surface area contributed by atoms with Crippen LogP contribution in [-0.2, 0) is 4.74 Å². The lowest BCUT2D eigenvalue weighted by atomic mass is 10.0. The molecule has 1 aliphatic heterocycles. The van der Waals surface area contributed by atoms with Crippen molar-refractivity contribution in [1.29, 1.82) is 0 Å². The molecule has 5 heteroatoms. The maximum absolute atomic E-state index is 13.5. The van der Waals surface area contributed by atoms with Crippen molar-refractivity contribution in [3.8, 4) is 0 Å². The highest BCUT2D eigenvalue weighted by Crippen LogP contribution is 2.22. The summed E-state index contributed by atoms with van der Waals surface area (Å²) in [6.07, 6.45) is 2.43. The summed E-state index contributed by atoms with van der Waals surface area (Å²) in [6.45, 7) is 6.68. The Morgan fingerprint density at radius 3 is 2.94 bits per heavy atom. The van der Waals surface area contributed by atoms with E-state index in [4.69, 9.17) is 4.74 Å². The number of pyridine rings is 1. The second kappa shape index (κ2) is 4.65. The lowest BCUT2D eigenvalue weighted by Gasteiger charge is -2.41. The maximum atomic E-state index is 13.5.